The van der Waals surface area contributed by atoms with Gasteiger partial charge in [-0.3, -0.25) is 0 Å². The van der Waals surface area contributed by atoms with Gasteiger partial charge in [-0.15, -0.1) is 8.86 Å². The van der Waals surface area contributed by atoms with Gasteiger partial charge in [0.2, 0.25) is 0 Å². The number of ether oxygens (including phenoxy) is 1. The summed E-state index contributed by atoms with van der Waals surface area (Å²) in [4.78, 5) is 10.2. The molecule has 0 aromatic carbocycles. The topological polar surface area (TPSA) is 26.3 Å². The highest BCUT2D eigenvalue weighted by Gasteiger charge is 1.96. The van der Waals surface area contributed by atoms with Crippen molar-refractivity contribution < 1.29 is 9.53 Å². The number of carbonyl (C=O) groups excluding carboxylic acids is 1. The number of rotatable bonds is 1. The molecule has 1 atom stereocenters. The molecule has 0 fully saturated rings. The molecule has 0 heterocycles. The lowest BCUT2D eigenvalue weighted by molar-refractivity contribution is -0.132. The molecule has 0 N–H and O–H groups in total. The van der Waals surface area contributed by atoms with Gasteiger partial charge in [0.05, 0.1) is 12.1 Å². The maximum atomic E-state index is 10.2. The molecule has 0 aliphatic carbocycles. The van der Waals surface area contributed by atoms with Crippen molar-refractivity contribution in [1.82, 2.24) is 0 Å². The van der Waals surface area contributed by atoms with Crippen molar-refractivity contribution in [3.63, 3.8) is 0 Å². The summed E-state index contributed by atoms with van der Waals surface area (Å²) in [5.41, 5.74) is 0. The lowest BCUT2D eigenvalue weighted by Crippen LogP contribution is -2.04. The molecule has 40 valence electrons. The fraction of sp³-hybridized carbons (Fsp3) is 0.333. The molecule has 0 rings (SSSR count). The van der Waals surface area contributed by atoms with Gasteiger partial charge in [-0.1, -0.05) is 9.24 Å². The highest BCUT2D eigenvalue weighted by atomic mass is 31.1. The Morgan fingerprint density at radius 3 is 2.29 bits per heavy atom. The van der Waals surface area contributed by atoms with Crippen LogP contribution >= 0.6 is 18.1 Å². The van der Waals surface area contributed by atoms with Crippen LogP contribution in [0.3, 0.4) is 0 Å². The van der Waals surface area contributed by atoms with Gasteiger partial charge in [-0.05, 0) is 0 Å². The van der Waals surface area contributed by atoms with E-state index in [9.17, 15) is 4.79 Å². The largest absolute Gasteiger partial charge is 0.465 e. The molecule has 4 heteroatoms. The van der Waals surface area contributed by atoms with Crippen LogP contribution in [0.4, 0.5) is 0 Å². The van der Waals surface area contributed by atoms with E-state index in [-0.39, 0.29) is 5.97 Å². The van der Waals surface area contributed by atoms with Crippen LogP contribution in [-0.4, -0.2) is 18.1 Å². The zero-order valence-electron chi connectivity index (χ0n) is 3.89. The number of carbonyl (C=O) groups is 1. The van der Waals surface area contributed by atoms with E-state index in [4.69, 9.17) is 0 Å². The average Bonchev–Trinajstić information content (AvgIpc) is 1.65. The van der Waals surface area contributed by atoms with E-state index in [0.717, 1.165) is 0 Å². The van der Waals surface area contributed by atoms with Crippen LogP contribution < -0.4 is 0 Å². The van der Waals surface area contributed by atoms with Crippen LogP contribution in [0.2, 0.25) is 0 Å². The molecule has 0 radical (unpaired) electrons. The standard InChI is InChI=1S/C3H6O2P2/c1-5-2(4)3(6)7/h6H,7H2,1H3. The first kappa shape index (κ1) is 7.07. The van der Waals surface area contributed by atoms with E-state index in [1.165, 1.54) is 7.11 Å². The van der Waals surface area contributed by atoms with Crippen LogP contribution in [0, 0.1) is 0 Å². The predicted octanol–water partition coefficient (Wildman–Crippen LogP) is 0.307. The summed E-state index contributed by atoms with van der Waals surface area (Å²) in [7, 11) is 6.45. The van der Waals surface area contributed by atoms with E-state index >= 15 is 0 Å². The molecule has 0 aliphatic rings. The summed E-state index contributed by atoms with van der Waals surface area (Å²) in [5, 5.41) is 0.405. The SMILES string of the molecule is COC(=O)C(=P)P. The van der Waals surface area contributed by atoms with Gasteiger partial charge in [-0.2, -0.15) is 0 Å². The number of methoxy groups -OCH3 is 1. The third kappa shape index (κ3) is 2.73. The summed E-state index contributed by atoms with van der Waals surface area (Å²) in [6.45, 7) is 0. The molecule has 0 spiro atoms. The van der Waals surface area contributed by atoms with E-state index in [1.54, 1.807) is 0 Å². The van der Waals surface area contributed by atoms with Crippen molar-refractivity contribution >= 4 is 29.1 Å². The zero-order chi connectivity index (χ0) is 5.86. The second-order valence-electron chi connectivity index (χ2n) is 0.905. The normalized spacial score (nSPS) is 7.71. The Hall–Kier alpha value is 0.0700. The van der Waals surface area contributed by atoms with Gasteiger partial charge in [0, 0.05) is 0 Å². The molecule has 0 bridgehead atoms. The third-order valence-corrected chi connectivity index (χ3v) is 0.845. The molecular weight excluding hydrogens is 130 g/mol. The first-order valence-electron chi connectivity index (χ1n) is 1.61. The summed E-state index contributed by atoms with van der Waals surface area (Å²) in [6.07, 6.45) is 0. The lowest BCUT2D eigenvalue weighted by atomic mass is 10.8. The molecule has 2 nitrogen and oxygen atoms in total. The van der Waals surface area contributed by atoms with Crippen molar-refractivity contribution in [1.29, 1.82) is 0 Å². The van der Waals surface area contributed by atoms with Crippen molar-refractivity contribution in [3.8, 4) is 0 Å². The third-order valence-electron chi connectivity index (χ3n) is 0.405. The molecule has 0 aromatic heterocycles. The second kappa shape index (κ2) is 3.12. The Morgan fingerprint density at radius 1 is 1.86 bits per heavy atom. The Bertz CT molecular complexity index is 99.1. The van der Waals surface area contributed by atoms with Crippen LogP contribution in [0.25, 0.3) is 0 Å². The van der Waals surface area contributed by atoms with Gasteiger partial charge in [0.1, 0.15) is 0 Å². The quantitative estimate of drug-likeness (QED) is 0.383. The molecule has 0 saturated heterocycles. The molecule has 0 amide bonds. The van der Waals surface area contributed by atoms with Gasteiger partial charge >= 0.3 is 5.97 Å². The maximum Gasteiger partial charge on any atom is 0.341 e. The van der Waals surface area contributed by atoms with E-state index in [1.807, 2.05) is 0 Å². The molecule has 7 heavy (non-hydrogen) atoms. The van der Waals surface area contributed by atoms with Gasteiger partial charge in [0.15, 0.2) is 0 Å². The minimum atomic E-state index is -0.360. The summed E-state index contributed by atoms with van der Waals surface area (Å²) in [6, 6.07) is 0. The summed E-state index contributed by atoms with van der Waals surface area (Å²) >= 11 is 0. The maximum absolute atomic E-state index is 10.2. The second-order valence-corrected chi connectivity index (χ2v) is 2.60. The predicted molar refractivity (Wildman–Crippen MR) is 35.0 cm³/mol. The average molecular weight is 136 g/mol. The fourth-order valence-corrected chi connectivity index (χ4v) is 0.330. The Labute approximate surface area is 46.7 Å². The summed E-state index contributed by atoms with van der Waals surface area (Å²) in [5.74, 6) is -0.360. The monoisotopic (exact) mass is 136 g/mol. The summed E-state index contributed by atoms with van der Waals surface area (Å²) < 4.78 is 4.27. The van der Waals surface area contributed by atoms with Crippen LogP contribution in [0.1, 0.15) is 0 Å². The van der Waals surface area contributed by atoms with Gasteiger partial charge in [0.25, 0.3) is 0 Å². The van der Waals surface area contributed by atoms with Crippen LogP contribution in [-0.2, 0) is 9.53 Å². The van der Waals surface area contributed by atoms with Crippen LogP contribution in [0.5, 0.6) is 0 Å². The molecule has 1 unspecified atom stereocenters. The first-order valence-corrected chi connectivity index (χ1v) is 2.68. The van der Waals surface area contributed by atoms with Crippen molar-refractivity contribution in [2.24, 2.45) is 0 Å². The van der Waals surface area contributed by atoms with Gasteiger partial charge in [-0.25, -0.2) is 4.79 Å². The Kier molecular flexibility index (Phi) is 3.15. The van der Waals surface area contributed by atoms with Crippen LogP contribution in [0.15, 0.2) is 0 Å². The van der Waals surface area contributed by atoms with Crippen molar-refractivity contribution in [2.45, 2.75) is 0 Å². The molecule has 0 saturated carbocycles. The van der Waals surface area contributed by atoms with Crippen molar-refractivity contribution in [2.75, 3.05) is 7.11 Å². The molecule has 0 aliphatic heterocycles. The lowest BCUT2D eigenvalue weighted by Gasteiger charge is -1.90. The number of hydrogen-bond donors (Lipinski definition) is 0. The number of esters is 1. The minimum Gasteiger partial charge on any atom is -0.465 e. The first-order chi connectivity index (χ1) is 3.18. The number of hydrogen-bond acceptors (Lipinski definition) is 2. The smallest absolute Gasteiger partial charge is 0.341 e. The van der Waals surface area contributed by atoms with E-state index in [2.05, 4.69) is 22.8 Å². The Morgan fingerprint density at radius 2 is 2.29 bits per heavy atom. The van der Waals surface area contributed by atoms with Crippen molar-refractivity contribution in [3.05, 3.63) is 0 Å². The van der Waals surface area contributed by atoms with E-state index < -0.39 is 0 Å². The zero-order valence-corrected chi connectivity index (χ0v) is 6.05. The van der Waals surface area contributed by atoms with E-state index in [0.29, 0.717) is 5.03 Å². The highest BCUT2D eigenvalue weighted by Crippen LogP contribution is 1.92. The highest BCUT2D eigenvalue weighted by molar-refractivity contribution is 7.61. The fourth-order valence-electron chi connectivity index (χ4n) is 0.110. The minimum absolute atomic E-state index is 0.360. The molecule has 0 aromatic rings. The molecular formula is C3H6O2P2. The van der Waals surface area contributed by atoms with Gasteiger partial charge < -0.3 is 4.74 Å². The Balaban J connectivity index is 3.58.